The molecule has 5 heteroatoms. The summed E-state index contributed by atoms with van der Waals surface area (Å²) in [5, 5.41) is 8.92. The Morgan fingerprint density at radius 2 is 1.77 bits per heavy atom. The van der Waals surface area contributed by atoms with E-state index in [0.29, 0.717) is 19.4 Å². The van der Waals surface area contributed by atoms with E-state index in [1.807, 2.05) is 60.7 Å². The summed E-state index contributed by atoms with van der Waals surface area (Å²) in [6.07, 6.45) is 0.198. The van der Waals surface area contributed by atoms with Gasteiger partial charge in [0.05, 0.1) is 25.0 Å². The van der Waals surface area contributed by atoms with Crippen LogP contribution in [-0.2, 0) is 25.7 Å². The quantitative estimate of drug-likeness (QED) is 0.731. The summed E-state index contributed by atoms with van der Waals surface area (Å²) in [4.78, 5) is 22.8. The first-order valence-corrected chi connectivity index (χ1v) is 8.74. The van der Waals surface area contributed by atoms with E-state index in [-0.39, 0.29) is 18.6 Å². The van der Waals surface area contributed by atoms with Crippen molar-refractivity contribution in [2.45, 2.75) is 38.1 Å². The second kappa shape index (κ2) is 8.63. The Hall–Kier alpha value is -2.66. The number of aliphatic carboxylic acids is 1. The van der Waals surface area contributed by atoms with Gasteiger partial charge in [0, 0.05) is 6.42 Å². The van der Waals surface area contributed by atoms with E-state index in [4.69, 9.17) is 14.6 Å². The van der Waals surface area contributed by atoms with Gasteiger partial charge in [-0.15, -0.1) is 0 Å². The fourth-order valence-corrected chi connectivity index (χ4v) is 3.22. The number of esters is 1. The Bertz CT molecular complexity index is 729. The molecule has 1 N–H and O–H groups in total. The van der Waals surface area contributed by atoms with Gasteiger partial charge in [0.15, 0.2) is 0 Å². The largest absolute Gasteiger partial charge is 0.481 e. The molecule has 0 aromatic heterocycles. The Labute approximate surface area is 152 Å². The van der Waals surface area contributed by atoms with Gasteiger partial charge in [-0.1, -0.05) is 60.7 Å². The van der Waals surface area contributed by atoms with Gasteiger partial charge in [-0.3, -0.25) is 9.59 Å². The highest BCUT2D eigenvalue weighted by molar-refractivity contribution is 5.80. The molecule has 5 nitrogen and oxygen atoms in total. The lowest BCUT2D eigenvalue weighted by Gasteiger charge is -2.21. The van der Waals surface area contributed by atoms with Gasteiger partial charge in [0.2, 0.25) is 0 Å². The molecule has 0 radical (unpaired) electrons. The third-order valence-electron chi connectivity index (χ3n) is 4.53. The summed E-state index contributed by atoms with van der Waals surface area (Å²) in [6.45, 7) is 0.458. The highest BCUT2D eigenvalue weighted by Gasteiger charge is 2.37. The average molecular weight is 354 g/mol. The van der Waals surface area contributed by atoms with Crippen molar-refractivity contribution in [3.05, 3.63) is 71.8 Å². The third-order valence-corrected chi connectivity index (χ3v) is 4.53. The van der Waals surface area contributed by atoms with Crippen molar-refractivity contribution in [1.82, 2.24) is 0 Å². The van der Waals surface area contributed by atoms with Crippen LogP contribution in [0.2, 0.25) is 0 Å². The van der Waals surface area contributed by atoms with Crippen LogP contribution in [0.15, 0.2) is 60.7 Å². The molecule has 136 valence electrons. The zero-order valence-electron chi connectivity index (χ0n) is 14.4. The lowest BCUT2D eigenvalue weighted by atomic mass is 9.96. The van der Waals surface area contributed by atoms with Gasteiger partial charge >= 0.3 is 11.9 Å². The fourth-order valence-electron chi connectivity index (χ4n) is 3.22. The molecule has 1 saturated heterocycles. The van der Waals surface area contributed by atoms with Crippen molar-refractivity contribution in [1.29, 1.82) is 0 Å². The van der Waals surface area contributed by atoms with Crippen LogP contribution in [0.25, 0.3) is 0 Å². The lowest BCUT2D eigenvalue weighted by Crippen LogP contribution is -2.15. The summed E-state index contributed by atoms with van der Waals surface area (Å²) >= 11 is 0. The number of benzene rings is 2. The summed E-state index contributed by atoms with van der Waals surface area (Å²) in [5.41, 5.74) is 2.08. The Morgan fingerprint density at radius 3 is 2.42 bits per heavy atom. The number of rotatable bonds is 8. The molecule has 1 fully saturated rings. The number of carbonyl (C=O) groups is 2. The summed E-state index contributed by atoms with van der Waals surface area (Å²) in [6, 6.07) is 19.7. The van der Waals surface area contributed by atoms with E-state index in [0.717, 1.165) is 11.1 Å². The number of ether oxygens (including phenoxy) is 2. The average Bonchev–Trinajstić information content (AvgIpc) is 2.98. The number of carboxylic acid groups (broad SMARTS) is 1. The predicted octanol–water partition coefficient (Wildman–Crippen LogP) is 3.74. The molecule has 2 aromatic rings. The number of carboxylic acids is 1. The van der Waals surface area contributed by atoms with Crippen LogP contribution < -0.4 is 0 Å². The molecule has 3 atom stereocenters. The fraction of sp³-hybridized carbons (Fsp3) is 0.333. The molecule has 0 aliphatic carbocycles. The van der Waals surface area contributed by atoms with Gasteiger partial charge in [0.1, 0.15) is 6.10 Å². The van der Waals surface area contributed by atoms with Crippen molar-refractivity contribution >= 4 is 11.9 Å². The third kappa shape index (κ3) is 4.92. The smallest absolute Gasteiger partial charge is 0.309 e. The first kappa shape index (κ1) is 18.1. The topological polar surface area (TPSA) is 72.8 Å². The summed E-state index contributed by atoms with van der Waals surface area (Å²) in [7, 11) is 0. The van der Waals surface area contributed by atoms with Gasteiger partial charge in [-0.25, -0.2) is 0 Å². The maximum atomic E-state index is 11.9. The normalized spacial score (nSPS) is 20.5. The van der Waals surface area contributed by atoms with Crippen LogP contribution in [0.5, 0.6) is 0 Å². The molecule has 0 spiro atoms. The molecule has 1 unspecified atom stereocenters. The highest BCUT2D eigenvalue weighted by Crippen LogP contribution is 2.32. The number of hydrogen-bond donors (Lipinski definition) is 1. The van der Waals surface area contributed by atoms with Crippen LogP contribution in [0, 0.1) is 5.92 Å². The minimum absolute atomic E-state index is 0.184. The number of cyclic esters (lactones) is 1. The van der Waals surface area contributed by atoms with E-state index in [9.17, 15) is 9.59 Å². The van der Waals surface area contributed by atoms with Gasteiger partial charge in [-0.2, -0.15) is 0 Å². The molecule has 2 aromatic carbocycles. The first-order valence-electron chi connectivity index (χ1n) is 8.74. The van der Waals surface area contributed by atoms with Crippen molar-refractivity contribution < 1.29 is 24.2 Å². The molecule has 1 aliphatic rings. The van der Waals surface area contributed by atoms with E-state index in [2.05, 4.69) is 0 Å². The lowest BCUT2D eigenvalue weighted by molar-refractivity contribution is -0.149. The second-order valence-electron chi connectivity index (χ2n) is 6.52. The van der Waals surface area contributed by atoms with E-state index < -0.39 is 17.9 Å². The van der Waals surface area contributed by atoms with Crippen LogP contribution in [-0.4, -0.2) is 23.1 Å². The van der Waals surface area contributed by atoms with Crippen molar-refractivity contribution in [2.24, 2.45) is 5.92 Å². The second-order valence-corrected chi connectivity index (χ2v) is 6.52. The van der Waals surface area contributed by atoms with Crippen molar-refractivity contribution in [2.75, 3.05) is 0 Å². The Balaban J connectivity index is 1.66. The monoisotopic (exact) mass is 354 g/mol. The molecular formula is C21H22O5. The van der Waals surface area contributed by atoms with E-state index >= 15 is 0 Å². The van der Waals surface area contributed by atoms with Crippen LogP contribution in [0.4, 0.5) is 0 Å². The maximum Gasteiger partial charge on any atom is 0.309 e. The standard InChI is InChI=1S/C21H22O5/c22-20(23)12-17-11-18(26-21(17)24)13-19(16-9-5-2-6-10-16)25-14-15-7-3-1-4-8-15/h1-10,17-19H,11-14H2,(H,22,23)/t17?,18-,19-/m1/s1. The SMILES string of the molecule is O=C(O)CC1C[C@H](C[C@@H](OCc2ccccc2)c2ccccc2)OC1=O. The van der Waals surface area contributed by atoms with Crippen molar-refractivity contribution in [3.8, 4) is 0 Å². The Kier molecular flexibility index (Phi) is 6.02. The highest BCUT2D eigenvalue weighted by atomic mass is 16.6. The number of carbonyl (C=O) groups excluding carboxylic acids is 1. The zero-order valence-corrected chi connectivity index (χ0v) is 14.4. The molecule has 1 aliphatic heterocycles. The van der Waals surface area contributed by atoms with E-state index in [1.54, 1.807) is 0 Å². The van der Waals surface area contributed by atoms with Crippen molar-refractivity contribution in [3.63, 3.8) is 0 Å². The molecule has 3 rings (SSSR count). The maximum absolute atomic E-state index is 11.9. The molecule has 1 heterocycles. The van der Waals surface area contributed by atoms with Crippen LogP contribution in [0.3, 0.4) is 0 Å². The van der Waals surface area contributed by atoms with Gasteiger partial charge < -0.3 is 14.6 Å². The minimum Gasteiger partial charge on any atom is -0.481 e. The molecule has 0 amide bonds. The van der Waals surface area contributed by atoms with Crippen LogP contribution >= 0.6 is 0 Å². The zero-order chi connectivity index (χ0) is 18.4. The minimum atomic E-state index is -0.979. The van der Waals surface area contributed by atoms with Gasteiger partial charge in [0.25, 0.3) is 0 Å². The number of hydrogen-bond acceptors (Lipinski definition) is 4. The Morgan fingerprint density at radius 1 is 1.12 bits per heavy atom. The summed E-state index contributed by atoms with van der Waals surface area (Å²) < 4.78 is 11.5. The summed E-state index contributed by atoms with van der Waals surface area (Å²) in [5.74, 6) is -1.97. The first-order chi connectivity index (χ1) is 12.6. The molecular weight excluding hydrogens is 332 g/mol. The van der Waals surface area contributed by atoms with Gasteiger partial charge in [-0.05, 0) is 17.5 Å². The molecule has 0 saturated carbocycles. The molecule has 0 bridgehead atoms. The van der Waals surface area contributed by atoms with E-state index in [1.165, 1.54) is 0 Å². The molecule has 26 heavy (non-hydrogen) atoms. The predicted molar refractivity (Wildman–Crippen MR) is 95.3 cm³/mol. The van der Waals surface area contributed by atoms with Crippen LogP contribution in [0.1, 0.15) is 36.5 Å².